The minimum absolute atomic E-state index is 0.299. The normalized spacial score (nSPS) is 11.7. The highest BCUT2D eigenvalue weighted by molar-refractivity contribution is 9.10. The molecule has 0 amide bonds. The minimum atomic E-state index is 0.299. The van der Waals surface area contributed by atoms with Crippen LogP contribution in [0.5, 0.6) is 0 Å². The molecule has 5 heteroatoms. The Morgan fingerprint density at radius 3 is 2.55 bits per heavy atom. The fraction of sp³-hybridized carbons (Fsp3) is 0.0588. The molecule has 3 rings (SSSR count). The molecule has 2 aromatic carbocycles. The van der Waals surface area contributed by atoms with E-state index in [9.17, 15) is 0 Å². The van der Waals surface area contributed by atoms with Crippen LogP contribution < -0.4 is 0 Å². The SMILES string of the molecule is Cc1ccc(/C=C(\Cl)c2nnc(-c3ccccc3Br)o2)cc1. The average Bonchev–Trinajstić information content (AvgIpc) is 3.00. The number of benzene rings is 2. The van der Waals surface area contributed by atoms with Crippen molar-refractivity contribution in [1.29, 1.82) is 0 Å². The molecule has 0 bridgehead atoms. The Balaban J connectivity index is 1.90. The van der Waals surface area contributed by atoms with Crippen molar-refractivity contribution in [3.8, 4) is 11.5 Å². The van der Waals surface area contributed by atoms with Crippen molar-refractivity contribution in [3.63, 3.8) is 0 Å². The number of aromatic nitrogens is 2. The van der Waals surface area contributed by atoms with Gasteiger partial charge in [0.05, 0.1) is 5.56 Å². The van der Waals surface area contributed by atoms with E-state index in [1.165, 1.54) is 5.56 Å². The lowest BCUT2D eigenvalue weighted by Gasteiger charge is -1.98. The third-order valence-electron chi connectivity index (χ3n) is 3.10. The van der Waals surface area contributed by atoms with Crippen molar-refractivity contribution in [2.24, 2.45) is 0 Å². The van der Waals surface area contributed by atoms with E-state index in [0.29, 0.717) is 16.8 Å². The Bertz CT molecular complexity index is 825. The van der Waals surface area contributed by atoms with E-state index in [-0.39, 0.29) is 0 Å². The van der Waals surface area contributed by atoms with E-state index in [0.717, 1.165) is 15.6 Å². The highest BCUT2D eigenvalue weighted by Crippen LogP contribution is 2.29. The van der Waals surface area contributed by atoms with Gasteiger partial charge in [-0.05, 0) is 46.6 Å². The van der Waals surface area contributed by atoms with Gasteiger partial charge >= 0.3 is 0 Å². The van der Waals surface area contributed by atoms with Crippen molar-refractivity contribution in [3.05, 3.63) is 70.0 Å². The number of aryl methyl sites for hydroxylation is 1. The second-order valence-corrected chi connectivity index (χ2v) is 6.06. The van der Waals surface area contributed by atoms with Crippen LogP contribution in [0.4, 0.5) is 0 Å². The Morgan fingerprint density at radius 1 is 1.09 bits per heavy atom. The smallest absolute Gasteiger partial charge is 0.259 e. The van der Waals surface area contributed by atoms with E-state index >= 15 is 0 Å². The zero-order chi connectivity index (χ0) is 15.5. The summed E-state index contributed by atoms with van der Waals surface area (Å²) in [6.07, 6.45) is 1.80. The van der Waals surface area contributed by atoms with Gasteiger partial charge < -0.3 is 4.42 Å². The molecular weight excluding hydrogens is 364 g/mol. The van der Waals surface area contributed by atoms with Crippen LogP contribution in [0.15, 0.2) is 57.4 Å². The molecular formula is C17H12BrClN2O. The second-order valence-electron chi connectivity index (χ2n) is 4.80. The Kier molecular flexibility index (Phi) is 4.41. The zero-order valence-corrected chi connectivity index (χ0v) is 14.1. The summed E-state index contributed by atoms with van der Waals surface area (Å²) in [7, 11) is 0. The summed E-state index contributed by atoms with van der Waals surface area (Å²) >= 11 is 9.74. The summed E-state index contributed by atoms with van der Waals surface area (Å²) in [5.41, 5.74) is 3.01. The van der Waals surface area contributed by atoms with Crippen LogP contribution in [-0.2, 0) is 0 Å². The number of hydrogen-bond acceptors (Lipinski definition) is 3. The predicted octanol–water partition coefficient (Wildman–Crippen LogP) is 5.54. The molecule has 1 heterocycles. The van der Waals surface area contributed by atoms with Gasteiger partial charge in [0.15, 0.2) is 0 Å². The molecule has 110 valence electrons. The van der Waals surface area contributed by atoms with Gasteiger partial charge in [0.1, 0.15) is 5.03 Å². The van der Waals surface area contributed by atoms with Crippen LogP contribution in [0.1, 0.15) is 17.0 Å². The maximum Gasteiger partial charge on any atom is 0.259 e. The third-order valence-corrected chi connectivity index (χ3v) is 4.07. The first-order chi connectivity index (χ1) is 10.6. The summed E-state index contributed by atoms with van der Waals surface area (Å²) in [5, 5.41) is 8.47. The molecule has 0 N–H and O–H groups in total. The summed E-state index contributed by atoms with van der Waals surface area (Å²) in [6, 6.07) is 15.7. The molecule has 0 aliphatic heterocycles. The molecule has 22 heavy (non-hydrogen) atoms. The van der Waals surface area contributed by atoms with Crippen molar-refractivity contribution < 1.29 is 4.42 Å². The monoisotopic (exact) mass is 374 g/mol. The molecule has 0 fully saturated rings. The highest BCUT2D eigenvalue weighted by Gasteiger charge is 2.13. The van der Waals surface area contributed by atoms with Crippen LogP contribution >= 0.6 is 27.5 Å². The van der Waals surface area contributed by atoms with Crippen molar-refractivity contribution in [2.75, 3.05) is 0 Å². The first-order valence-corrected chi connectivity index (χ1v) is 7.83. The quantitative estimate of drug-likeness (QED) is 0.603. The topological polar surface area (TPSA) is 38.9 Å². The maximum absolute atomic E-state index is 6.27. The first kappa shape index (κ1) is 15.0. The number of halogens is 2. The molecule has 0 atom stereocenters. The van der Waals surface area contributed by atoms with Gasteiger partial charge in [-0.1, -0.05) is 53.6 Å². The Hall–Kier alpha value is -1.91. The van der Waals surface area contributed by atoms with Crippen LogP contribution in [0, 0.1) is 6.92 Å². The lowest BCUT2D eigenvalue weighted by molar-refractivity contribution is 0.556. The number of nitrogens with zero attached hydrogens (tertiary/aromatic N) is 2. The maximum atomic E-state index is 6.27. The standard InChI is InChI=1S/C17H12BrClN2O/c1-11-6-8-12(9-7-11)10-15(19)17-21-20-16(22-17)13-4-2-3-5-14(13)18/h2-10H,1H3/b15-10-. The van der Waals surface area contributed by atoms with Crippen LogP contribution in [0.2, 0.25) is 0 Å². The van der Waals surface area contributed by atoms with Crippen molar-refractivity contribution >= 4 is 38.6 Å². The average molecular weight is 376 g/mol. The lowest BCUT2D eigenvalue weighted by Crippen LogP contribution is -1.79. The minimum Gasteiger partial charge on any atom is -0.415 e. The van der Waals surface area contributed by atoms with Gasteiger partial charge in [-0.3, -0.25) is 0 Å². The lowest BCUT2D eigenvalue weighted by atomic mass is 10.1. The molecule has 3 aromatic rings. The Labute approximate surface area is 141 Å². The molecule has 0 aliphatic carbocycles. The van der Waals surface area contributed by atoms with E-state index in [1.807, 2.05) is 55.5 Å². The van der Waals surface area contributed by atoms with Crippen molar-refractivity contribution in [2.45, 2.75) is 6.92 Å². The first-order valence-electron chi connectivity index (χ1n) is 6.66. The van der Waals surface area contributed by atoms with E-state index in [1.54, 1.807) is 6.08 Å². The summed E-state index contributed by atoms with van der Waals surface area (Å²) < 4.78 is 6.55. The summed E-state index contributed by atoms with van der Waals surface area (Å²) in [5.74, 6) is 0.728. The summed E-state index contributed by atoms with van der Waals surface area (Å²) in [4.78, 5) is 0. The number of rotatable bonds is 3. The molecule has 0 saturated heterocycles. The van der Waals surface area contributed by atoms with E-state index < -0.39 is 0 Å². The van der Waals surface area contributed by atoms with E-state index in [4.69, 9.17) is 16.0 Å². The van der Waals surface area contributed by atoms with Gasteiger partial charge in [-0.15, -0.1) is 10.2 Å². The molecule has 0 radical (unpaired) electrons. The molecule has 1 aromatic heterocycles. The molecule has 3 nitrogen and oxygen atoms in total. The highest BCUT2D eigenvalue weighted by atomic mass is 79.9. The third kappa shape index (κ3) is 3.29. The van der Waals surface area contributed by atoms with Gasteiger partial charge in [0.2, 0.25) is 5.89 Å². The molecule has 0 unspecified atom stereocenters. The number of hydrogen-bond donors (Lipinski definition) is 0. The Morgan fingerprint density at radius 2 is 1.82 bits per heavy atom. The fourth-order valence-electron chi connectivity index (χ4n) is 1.93. The van der Waals surface area contributed by atoms with E-state index in [2.05, 4.69) is 26.1 Å². The largest absolute Gasteiger partial charge is 0.415 e. The second kappa shape index (κ2) is 6.46. The molecule has 0 aliphatic rings. The molecule has 0 spiro atoms. The molecule has 0 saturated carbocycles. The van der Waals surface area contributed by atoms with Gasteiger partial charge in [0, 0.05) is 4.47 Å². The fourth-order valence-corrected chi connectivity index (χ4v) is 2.59. The van der Waals surface area contributed by atoms with Crippen molar-refractivity contribution in [1.82, 2.24) is 10.2 Å². The van der Waals surface area contributed by atoms with Gasteiger partial charge in [0.25, 0.3) is 5.89 Å². The van der Waals surface area contributed by atoms with Gasteiger partial charge in [-0.2, -0.15) is 0 Å². The van der Waals surface area contributed by atoms with Crippen LogP contribution in [-0.4, -0.2) is 10.2 Å². The van der Waals surface area contributed by atoms with Gasteiger partial charge in [-0.25, -0.2) is 0 Å². The van der Waals surface area contributed by atoms with Crippen LogP contribution in [0.3, 0.4) is 0 Å². The summed E-state index contributed by atoms with van der Waals surface area (Å²) in [6.45, 7) is 2.04. The van der Waals surface area contributed by atoms with Crippen LogP contribution in [0.25, 0.3) is 22.6 Å². The zero-order valence-electron chi connectivity index (χ0n) is 11.8. The predicted molar refractivity (Wildman–Crippen MR) is 92.3 cm³/mol.